The minimum atomic E-state index is -0.531. The van der Waals surface area contributed by atoms with Gasteiger partial charge in [0.15, 0.2) is 0 Å². The Bertz CT molecular complexity index is 1140. The van der Waals surface area contributed by atoms with Gasteiger partial charge in [0, 0.05) is 62.3 Å². The minimum Gasteiger partial charge on any atom is -0.389 e. The predicted molar refractivity (Wildman–Crippen MR) is 134 cm³/mol. The van der Waals surface area contributed by atoms with Gasteiger partial charge in [-0.3, -0.25) is 24.3 Å². The second-order valence-corrected chi connectivity index (χ2v) is 9.27. The molecule has 5 rings (SSSR count). The van der Waals surface area contributed by atoms with E-state index in [0.717, 1.165) is 42.5 Å². The van der Waals surface area contributed by atoms with Crippen molar-refractivity contribution in [1.29, 1.82) is 0 Å². The van der Waals surface area contributed by atoms with Crippen molar-refractivity contribution in [1.82, 2.24) is 14.7 Å². The Hall–Kier alpha value is -3.10. The molecule has 1 atom stereocenters. The third-order valence-corrected chi connectivity index (χ3v) is 6.85. The molecule has 7 heteroatoms. The van der Waals surface area contributed by atoms with E-state index in [1.54, 1.807) is 12.1 Å². The van der Waals surface area contributed by atoms with Crippen LogP contribution in [0, 0.1) is 0 Å². The van der Waals surface area contributed by atoms with Crippen LogP contribution in [0.5, 0.6) is 0 Å². The quantitative estimate of drug-likeness (QED) is 0.482. The number of β-amino-alcohol motifs (C(OH)–C–C–N with tert-alkyl or cyclic N) is 1. The molecule has 0 unspecified atom stereocenters. The number of rotatable bonds is 9. The normalized spacial score (nSPS) is 17.8. The van der Waals surface area contributed by atoms with E-state index in [9.17, 15) is 14.7 Å². The Morgan fingerprint density at radius 2 is 1.40 bits per heavy atom. The number of hydrogen-bond donors (Lipinski definition) is 1. The predicted octanol–water partition coefficient (Wildman–Crippen LogP) is 2.63. The molecule has 0 saturated carbocycles. The van der Waals surface area contributed by atoms with Gasteiger partial charge in [-0.05, 0) is 23.1 Å². The number of ether oxygens (including phenoxy) is 1. The number of aliphatic hydroxyl groups is 1. The summed E-state index contributed by atoms with van der Waals surface area (Å²) in [6, 6.07) is 21.2. The molecule has 182 valence electrons. The van der Waals surface area contributed by atoms with Crippen LogP contribution >= 0.6 is 0 Å². The average molecular weight is 474 g/mol. The molecule has 1 N–H and O–H groups in total. The summed E-state index contributed by atoms with van der Waals surface area (Å²) in [4.78, 5) is 32.0. The lowest BCUT2D eigenvalue weighted by Crippen LogP contribution is -2.51. The maximum atomic E-state index is 13.1. The van der Waals surface area contributed by atoms with Crippen molar-refractivity contribution >= 4 is 22.6 Å². The molecule has 0 radical (unpaired) electrons. The Labute approximate surface area is 205 Å². The van der Waals surface area contributed by atoms with Crippen LogP contribution in [0.1, 0.15) is 26.3 Å². The number of piperazine rings is 1. The van der Waals surface area contributed by atoms with Gasteiger partial charge in [-0.15, -0.1) is 0 Å². The zero-order chi connectivity index (χ0) is 24.2. The van der Waals surface area contributed by atoms with Crippen molar-refractivity contribution < 1.29 is 19.4 Å². The first-order valence-corrected chi connectivity index (χ1v) is 12.2. The lowest BCUT2D eigenvalue weighted by molar-refractivity contribution is 0.000963. The Morgan fingerprint density at radius 3 is 2.06 bits per heavy atom. The summed E-state index contributed by atoms with van der Waals surface area (Å²) in [5.74, 6) is -0.423. The SMILES string of the molecule is O=C1c2cccc3cccc(c23)C(=O)N1CCN1CCN(C[C@@H](O)COCc2ccccc2)CC1. The highest BCUT2D eigenvalue weighted by Gasteiger charge is 2.32. The van der Waals surface area contributed by atoms with Crippen LogP contribution in [0.3, 0.4) is 0 Å². The number of hydrogen-bond acceptors (Lipinski definition) is 6. The molecule has 2 amide bonds. The number of benzene rings is 3. The molecule has 2 aliphatic heterocycles. The van der Waals surface area contributed by atoms with E-state index in [2.05, 4.69) is 9.80 Å². The lowest BCUT2D eigenvalue weighted by Gasteiger charge is -2.36. The fourth-order valence-corrected chi connectivity index (χ4v) is 4.96. The van der Waals surface area contributed by atoms with E-state index in [4.69, 9.17) is 4.74 Å². The van der Waals surface area contributed by atoms with E-state index in [1.165, 1.54) is 4.90 Å². The summed E-state index contributed by atoms with van der Waals surface area (Å²) in [7, 11) is 0. The second kappa shape index (κ2) is 10.7. The van der Waals surface area contributed by atoms with Gasteiger partial charge >= 0.3 is 0 Å². The Morgan fingerprint density at radius 1 is 0.771 bits per heavy atom. The van der Waals surface area contributed by atoms with Gasteiger partial charge in [0.2, 0.25) is 0 Å². The molecule has 0 aliphatic carbocycles. The van der Waals surface area contributed by atoms with Crippen LogP contribution in [-0.2, 0) is 11.3 Å². The molecule has 3 aromatic rings. The molecule has 7 nitrogen and oxygen atoms in total. The summed E-state index contributed by atoms with van der Waals surface area (Å²) in [6.45, 7) is 5.73. The van der Waals surface area contributed by atoms with Gasteiger partial charge in [-0.25, -0.2) is 0 Å². The highest BCUT2D eigenvalue weighted by Crippen LogP contribution is 2.29. The van der Waals surface area contributed by atoms with E-state index in [0.29, 0.717) is 44.0 Å². The average Bonchev–Trinajstić information content (AvgIpc) is 2.88. The van der Waals surface area contributed by atoms with Gasteiger partial charge in [-0.2, -0.15) is 0 Å². The largest absolute Gasteiger partial charge is 0.389 e. The number of aliphatic hydroxyl groups excluding tert-OH is 1. The van der Waals surface area contributed by atoms with Crippen molar-refractivity contribution in [2.45, 2.75) is 12.7 Å². The smallest absolute Gasteiger partial charge is 0.261 e. The standard InChI is InChI=1S/C28H31N3O4/c32-23(20-35-19-21-6-2-1-3-7-21)18-30-14-12-29(13-15-30)16-17-31-27(33)24-10-4-8-22-9-5-11-25(26(22)24)28(31)34/h1-11,23,32H,12-20H2/t23-/m1/s1. The maximum absolute atomic E-state index is 13.1. The third kappa shape index (κ3) is 5.28. The summed E-state index contributed by atoms with van der Waals surface area (Å²) in [6.07, 6.45) is -0.531. The molecule has 0 aromatic heterocycles. The molecular formula is C28H31N3O4. The minimum absolute atomic E-state index is 0.212. The van der Waals surface area contributed by atoms with Gasteiger partial charge in [-0.1, -0.05) is 54.6 Å². The van der Waals surface area contributed by atoms with E-state index in [-0.39, 0.29) is 11.8 Å². The lowest BCUT2D eigenvalue weighted by atomic mass is 9.94. The highest BCUT2D eigenvalue weighted by molar-refractivity contribution is 6.25. The highest BCUT2D eigenvalue weighted by atomic mass is 16.5. The first-order chi connectivity index (χ1) is 17.1. The number of amides is 2. The van der Waals surface area contributed by atoms with Gasteiger partial charge in [0.05, 0.1) is 19.3 Å². The topological polar surface area (TPSA) is 73.3 Å². The van der Waals surface area contributed by atoms with Crippen molar-refractivity contribution in [2.24, 2.45) is 0 Å². The fraction of sp³-hybridized carbons (Fsp3) is 0.357. The summed E-state index contributed by atoms with van der Waals surface area (Å²) in [5.41, 5.74) is 2.30. The summed E-state index contributed by atoms with van der Waals surface area (Å²) in [5, 5.41) is 12.0. The molecule has 0 spiro atoms. The van der Waals surface area contributed by atoms with E-state index >= 15 is 0 Å². The van der Waals surface area contributed by atoms with Crippen molar-refractivity contribution in [3.63, 3.8) is 0 Å². The first kappa shape index (κ1) is 23.6. The van der Waals surface area contributed by atoms with Gasteiger partial charge in [0.1, 0.15) is 0 Å². The second-order valence-electron chi connectivity index (χ2n) is 9.27. The summed E-state index contributed by atoms with van der Waals surface area (Å²) < 4.78 is 5.66. The molecule has 0 bridgehead atoms. The zero-order valence-corrected chi connectivity index (χ0v) is 19.8. The molecule has 2 heterocycles. The summed E-state index contributed by atoms with van der Waals surface area (Å²) >= 11 is 0. The van der Waals surface area contributed by atoms with Crippen LogP contribution in [0.15, 0.2) is 66.7 Å². The molecule has 3 aromatic carbocycles. The Balaban J connectivity index is 1.07. The number of nitrogens with zero attached hydrogens (tertiary/aromatic N) is 3. The zero-order valence-electron chi connectivity index (χ0n) is 19.8. The van der Waals surface area contributed by atoms with Crippen molar-refractivity contribution in [3.8, 4) is 0 Å². The number of carbonyl (C=O) groups is 2. The molecule has 1 saturated heterocycles. The van der Waals surface area contributed by atoms with E-state index < -0.39 is 6.10 Å². The Kier molecular flexibility index (Phi) is 7.20. The fourth-order valence-electron chi connectivity index (χ4n) is 4.96. The van der Waals surface area contributed by atoms with Gasteiger partial charge in [0.25, 0.3) is 11.8 Å². The van der Waals surface area contributed by atoms with Crippen LogP contribution in [0.4, 0.5) is 0 Å². The van der Waals surface area contributed by atoms with Gasteiger partial charge < -0.3 is 9.84 Å². The number of carbonyl (C=O) groups excluding carboxylic acids is 2. The van der Waals surface area contributed by atoms with Crippen molar-refractivity contribution in [3.05, 3.63) is 83.4 Å². The van der Waals surface area contributed by atoms with E-state index in [1.807, 2.05) is 54.6 Å². The van der Waals surface area contributed by atoms with Crippen LogP contribution in [-0.4, -0.2) is 90.1 Å². The molecule has 35 heavy (non-hydrogen) atoms. The third-order valence-electron chi connectivity index (χ3n) is 6.85. The maximum Gasteiger partial charge on any atom is 0.261 e. The van der Waals surface area contributed by atoms with Crippen LogP contribution in [0.2, 0.25) is 0 Å². The van der Waals surface area contributed by atoms with Crippen LogP contribution in [0.25, 0.3) is 10.8 Å². The molecular weight excluding hydrogens is 442 g/mol. The van der Waals surface area contributed by atoms with Crippen LogP contribution < -0.4 is 0 Å². The number of imide groups is 1. The molecule has 2 aliphatic rings. The molecule has 1 fully saturated rings. The first-order valence-electron chi connectivity index (χ1n) is 12.2. The monoisotopic (exact) mass is 473 g/mol. The van der Waals surface area contributed by atoms with Crippen molar-refractivity contribution in [2.75, 3.05) is 52.4 Å².